The molecule has 3 heteroatoms. The van der Waals surface area contributed by atoms with Crippen LogP contribution in [0.15, 0.2) is 0 Å². The second kappa shape index (κ2) is 2.82. The van der Waals surface area contributed by atoms with Crippen molar-refractivity contribution in [3.8, 4) is 12.3 Å². The lowest BCUT2D eigenvalue weighted by atomic mass is 9.99. The second-order valence-corrected chi connectivity index (χ2v) is 2.87. The molecule has 3 atom stereocenters. The summed E-state index contributed by atoms with van der Waals surface area (Å²) in [5.41, 5.74) is -1.15. The van der Waals surface area contributed by atoms with Crippen molar-refractivity contribution in [1.29, 1.82) is 0 Å². The third-order valence-corrected chi connectivity index (χ3v) is 1.98. The molecule has 0 unspecified atom stereocenters. The van der Waals surface area contributed by atoms with Gasteiger partial charge >= 0.3 is 0 Å². The van der Waals surface area contributed by atoms with E-state index >= 15 is 0 Å². The summed E-state index contributed by atoms with van der Waals surface area (Å²) in [6.07, 6.45) is 4.81. The van der Waals surface area contributed by atoms with E-state index in [4.69, 9.17) is 16.3 Å². The molecule has 0 amide bonds. The lowest BCUT2D eigenvalue weighted by Crippen LogP contribution is -2.41. The smallest absolute Gasteiger partial charge is 0.177 e. The van der Waals surface area contributed by atoms with E-state index in [1.54, 1.807) is 0 Å². The number of rotatable bonds is 1. The van der Waals surface area contributed by atoms with E-state index < -0.39 is 11.7 Å². The van der Waals surface area contributed by atoms with Crippen molar-refractivity contribution in [3.63, 3.8) is 0 Å². The van der Waals surface area contributed by atoms with E-state index in [1.807, 2.05) is 6.92 Å². The van der Waals surface area contributed by atoms with Gasteiger partial charge in [0.05, 0.1) is 18.8 Å². The fraction of sp³-hybridized carbons (Fsp3) is 0.750. The fourth-order valence-electron chi connectivity index (χ4n) is 1.31. The second-order valence-electron chi connectivity index (χ2n) is 2.87. The predicted molar refractivity (Wildman–Crippen MR) is 39.8 cm³/mol. The van der Waals surface area contributed by atoms with Crippen LogP contribution in [0.25, 0.3) is 0 Å². The zero-order chi connectivity index (χ0) is 8.48. The van der Waals surface area contributed by atoms with Crippen LogP contribution >= 0.6 is 0 Å². The van der Waals surface area contributed by atoms with E-state index in [2.05, 4.69) is 5.92 Å². The summed E-state index contributed by atoms with van der Waals surface area (Å²) in [4.78, 5) is 0. The van der Waals surface area contributed by atoms with E-state index in [0.29, 0.717) is 6.42 Å². The van der Waals surface area contributed by atoms with Gasteiger partial charge in [-0.05, 0) is 6.92 Å². The number of aliphatic hydroxyl groups excluding tert-OH is 2. The first-order valence-corrected chi connectivity index (χ1v) is 3.59. The maximum atomic E-state index is 9.38. The van der Waals surface area contributed by atoms with Gasteiger partial charge in [-0.25, -0.2) is 0 Å². The van der Waals surface area contributed by atoms with Gasteiger partial charge in [0.25, 0.3) is 0 Å². The summed E-state index contributed by atoms with van der Waals surface area (Å²) in [6.45, 7) is 1.49. The van der Waals surface area contributed by atoms with Crippen LogP contribution in [-0.2, 0) is 4.74 Å². The summed E-state index contributed by atoms with van der Waals surface area (Å²) in [5.74, 6) is 2.29. The van der Waals surface area contributed by atoms with Gasteiger partial charge in [0.1, 0.15) is 0 Å². The largest absolute Gasteiger partial charge is 0.392 e. The molecule has 0 aliphatic carbocycles. The van der Waals surface area contributed by atoms with Crippen LogP contribution in [0.5, 0.6) is 0 Å². The molecule has 1 rings (SSSR count). The molecule has 0 bridgehead atoms. The summed E-state index contributed by atoms with van der Waals surface area (Å²) in [6, 6.07) is 0. The normalized spacial score (nSPS) is 43.8. The monoisotopic (exact) mass is 156 g/mol. The number of aliphatic hydroxyl groups is 2. The van der Waals surface area contributed by atoms with Gasteiger partial charge in [0.2, 0.25) is 0 Å². The highest BCUT2D eigenvalue weighted by Gasteiger charge is 2.44. The Hall–Kier alpha value is -0.560. The minimum atomic E-state index is -1.15. The molecule has 11 heavy (non-hydrogen) atoms. The molecule has 0 spiro atoms. The van der Waals surface area contributed by atoms with Gasteiger partial charge in [-0.1, -0.05) is 5.92 Å². The summed E-state index contributed by atoms with van der Waals surface area (Å²) in [7, 11) is 0. The fourth-order valence-corrected chi connectivity index (χ4v) is 1.31. The molecule has 1 fully saturated rings. The Kier molecular flexibility index (Phi) is 2.19. The van der Waals surface area contributed by atoms with E-state index in [9.17, 15) is 5.11 Å². The molecule has 2 N–H and O–H groups in total. The van der Waals surface area contributed by atoms with Crippen LogP contribution in [0.4, 0.5) is 0 Å². The molecule has 1 aliphatic rings. The van der Waals surface area contributed by atoms with Crippen molar-refractivity contribution in [3.05, 3.63) is 0 Å². The molecular weight excluding hydrogens is 144 g/mol. The highest BCUT2D eigenvalue weighted by Crippen LogP contribution is 2.29. The standard InChI is InChI=1S/C8H12O3/c1-3-8(5-9)7(10)4-6(2)11-8/h1,6-7,9-10H,4-5H2,2H3/t6-,7+,8+/m0/s1. The first-order chi connectivity index (χ1) is 5.14. The van der Waals surface area contributed by atoms with Crippen molar-refractivity contribution in [2.75, 3.05) is 6.61 Å². The zero-order valence-electron chi connectivity index (χ0n) is 6.45. The Labute approximate surface area is 66.0 Å². The van der Waals surface area contributed by atoms with Crippen LogP contribution < -0.4 is 0 Å². The summed E-state index contributed by atoms with van der Waals surface area (Å²) < 4.78 is 5.22. The number of terminal acetylenes is 1. The van der Waals surface area contributed by atoms with E-state index in [1.165, 1.54) is 0 Å². The molecule has 0 saturated carbocycles. The van der Waals surface area contributed by atoms with Crippen molar-refractivity contribution in [1.82, 2.24) is 0 Å². The lowest BCUT2D eigenvalue weighted by molar-refractivity contribution is -0.0670. The third kappa shape index (κ3) is 1.25. The molecular formula is C8H12O3. The zero-order valence-corrected chi connectivity index (χ0v) is 6.45. The Bertz CT molecular complexity index is 184. The predicted octanol–water partition coefficient (Wildman–Crippen LogP) is -0.480. The molecule has 1 saturated heterocycles. The van der Waals surface area contributed by atoms with Gasteiger partial charge in [0.15, 0.2) is 5.60 Å². The molecule has 1 heterocycles. The average Bonchev–Trinajstić information content (AvgIpc) is 2.27. The van der Waals surface area contributed by atoms with Gasteiger partial charge < -0.3 is 14.9 Å². The molecule has 0 aromatic carbocycles. The van der Waals surface area contributed by atoms with Crippen molar-refractivity contribution in [2.24, 2.45) is 0 Å². The minimum Gasteiger partial charge on any atom is -0.392 e. The Morgan fingerprint density at radius 3 is 2.64 bits per heavy atom. The summed E-state index contributed by atoms with van der Waals surface area (Å²) >= 11 is 0. The number of ether oxygens (including phenoxy) is 1. The molecule has 3 nitrogen and oxygen atoms in total. The van der Waals surface area contributed by atoms with Gasteiger partial charge in [-0.3, -0.25) is 0 Å². The van der Waals surface area contributed by atoms with Crippen molar-refractivity contribution < 1.29 is 14.9 Å². The van der Waals surface area contributed by atoms with Crippen LogP contribution in [0.1, 0.15) is 13.3 Å². The molecule has 0 radical (unpaired) electrons. The summed E-state index contributed by atoms with van der Waals surface area (Å²) in [5, 5.41) is 18.3. The van der Waals surface area contributed by atoms with Crippen molar-refractivity contribution >= 4 is 0 Å². The molecule has 62 valence electrons. The highest BCUT2D eigenvalue weighted by molar-refractivity contribution is 5.15. The van der Waals surface area contributed by atoms with Crippen LogP contribution in [0, 0.1) is 12.3 Å². The van der Waals surface area contributed by atoms with Crippen LogP contribution in [0.2, 0.25) is 0 Å². The molecule has 0 aromatic heterocycles. The molecule has 1 aliphatic heterocycles. The van der Waals surface area contributed by atoms with Gasteiger partial charge in [-0.15, -0.1) is 6.42 Å². The van der Waals surface area contributed by atoms with Crippen LogP contribution in [-0.4, -0.2) is 34.6 Å². The quantitative estimate of drug-likeness (QED) is 0.504. The highest BCUT2D eigenvalue weighted by atomic mass is 16.5. The SMILES string of the molecule is C#C[C@]1(CO)O[C@@H](C)C[C@H]1O. The Morgan fingerprint density at radius 1 is 1.82 bits per heavy atom. The first kappa shape index (κ1) is 8.54. The topological polar surface area (TPSA) is 49.7 Å². The van der Waals surface area contributed by atoms with Crippen LogP contribution in [0.3, 0.4) is 0 Å². The Balaban J connectivity index is 2.78. The van der Waals surface area contributed by atoms with E-state index in [-0.39, 0.29) is 12.7 Å². The van der Waals surface area contributed by atoms with E-state index in [0.717, 1.165) is 0 Å². The first-order valence-electron chi connectivity index (χ1n) is 3.59. The maximum absolute atomic E-state index is 9.38. The van der Waals surface area contributed by atoms with Gasteiger partial charge in [0, 0.05) is 6.42 Å². The average molecular weight is 156 g/mol. The number of hydrogen-bond acceptors (Lipinski definition) is 3. The Morgan fingerprint density at radius 2 is 2.45 bits per heavy atom. The lowest BCUT2D eigenvalue weighted by Gasteiger charge is -2.23. The molecule has 0 aromatic rings. The maximum Gasteiger partial charge on any atom is 0.177 e. The van der Waals surface area contributed by atoms with Crippen molar-refractivity contribution in [2.45, 2.75) is 31.2 Å². The minimum absolute atomic E-state index is 0.0757. The number of hydrogen-bond donors (Lipinski definition) is 2. The van der Waals surface area contributed by atoms with Gasteiger partial charge in [-0.2, -0.15) is 0 Å². The third-order valence-electron chi connectivity index (χ3n) is 1.98.